The summed E-state index contributed by atoms with van der Waals surface area (Å²) >= 11 is 0. The van der Waals surface area contributed by atoms with Gasteiger partial charge in [0.05, 0.1) is 18.3 Å². The number of fused-ring (bicyclic) bond motifs is 1. The number of carbonyl (C=O) groups excluding carboxylic acids is 2. The minimum absolute atomic E-state index is 0.326. The predicted octanol–water partition coefficient (Wildman–Crippen LogP) is 3.50. The van der Waals surface area contributed by atoms with Crippen LogP contribution in [0.4, 0.5) is 0 Å². The number of nitrogens with zero attached hydrogens (tertiary/aromatic N) is 4. The average molecular weight is 463 g/mol. The summed E-state index contributed by atoms with van der Waals surface area (Å²) in [5, 5.41) is 12.4. The molecule has 0 radical (unpaired) electrons. The summed E-state index contributed by atoms with van der Waals surface area (Å²) in [5.74, 6) is -1.03. The molecule has 0 aliphatic rings. The second kappa shape index (κ2) is 9.56. The summed E-state index contributed by atoms with van der Waals surface area (Å²) in [6.45, 7) is 0.326. The van der Waals surface area contributed by atoms with Crippen molar-refractivity contribution < 1.29 is 9.59 Å². The molecule has 2 amide bonds. The van der Waals surface area contributed by atoms with E-state index in [0.717, 1.165) is 22.0 Å². The van der Waals surface area contributed by atoms with Crippen LogP contribution in [0.15, 0.2) is 97.3 Å². The molecule has 0 bridgehead atoms. The van der Waals surface area contributed by atoms with E-state index in [0.29, 0.717) is 23.4 Å². The van der Waals surface area contributed by atoms with Gasteiger partial charge in [0.25, 0.3) is 5.91 Å². The first-order chi connectivity index (χ1) is 17.1. The fourth-order valence-corrected chi connectivity index (χ4v) is 4.05. The Kier molecular flexibility index (Phi) is 6.00. The standard InChI is InChI=1S/C27H22N6O2/c28-26(34)25(18-8-2-1-3-9-18)30-27(35)20-11-5-4-10-19(20)16-33-17-24(31-32-33)22-12-6-14-23-21(22)13-7-15-29-23/h1-15,17,25H,16H2,(H2,28,34)(H,30,35). The lowest BCUT2D eigenvalue weighted by molar-refractivity contribution is -0.120. The van der Waals surface area contributed by atoms with Gasteiger partial charge in [-0.3, -0.25) is 14.6 Å². The first-order valence-electron chi connectivity index (χ1n) is 11.1. The minimum atomic E-state index is -0.935. The number of aromatic nitrogens is 4. The van der Waals surface area contributed by atoms with Gasteiger partial charge in [0.1, 0.15) is 11.7 Å². The molecule has 3 aromatic carbocycles. The van der Waals surface area contributed by atoms with Crippen molar-refractivity contribution in [2.24, 2.45) is 5.73 Å². The van der Waals surface area contributed by atoms with E-state index in [1.165, 1.54) is 0 Å². The molecule has 3 N–H and O–H groups in total. The molecular formula is C27H22N6O2. The van der Waals surface area contributed by atoms with E-state index in [9.17, 15) is 9.59 Å². The number of primary amides is 1. The van der Waals surface area contributed by atoms with E-state index >= 15 is 0 Å². The average Bonchev–Trinajstić information content (AvgIpc) is 3.35. The van der Waals surface area contributed by atoms with Gasteiger partial charge >= 0.3 is 0 Å². The summed E-state index contributed by atoms with van der Waals surface area (Å²) in [4.78, 5) is 29.6. The Labute approximate surface area is 201 Å². The molecular weight excluding hydrogens is 440 g/mol. The third-order valence-corrected chi connectivity index (χ3v) is 5.75. The molecule has 8 heteroatoms. The molecule has 172 valence electrons. The lowest BCUT2D eigenvalue weighted by atomic mass is 10.0. The Morgan fingerprint density at radius 2 is 1.71 bits per heavy atom. The molecule has 5 rings (SSSR count). The van der Waals surface area contributed by atoms with Crippen molar-refractivity contribution in [1.29, 1.82) is 0 Å². The second-order valence-corrected chi connectivity index (χ2v) is 8.05. The highest BCUT2D eigenvalue weighted by atomic mass is 16.2. The summed E-state index contributed by atoms with van der Waals surface area (Å²) in [5.41, 5.74) is 9.88. The summed E-state index contributed by atoms with van der Waals surface area (Å²) in [6.07, 6.45) is 3.60. The number of nitrogens with one attached hydrogen (secondary N) is 1. The van der Waals surface area contributed by atoms with Crippen LogP contribution in [-0.4, -0.2) is 31.8 Å². The van der Waals surface area contributed by atoms with Gasteiger partial charge in [0.2, 0.25) is 5.91 Å². The minimum Gasteiger partial charge on any atom is -0.368 e. The smallest absolute Gasteiger partial charge is 0.252 e. The number of hydrogen-bond acceptors (Lipinski definition) is 5. The molecule has 0 aliphatic carbocycles. The maximum atomic E-state index is 13.1. The van der Waals surface area contributed by atoms with Gasteiger partial charge < -0.3 is 11.1 Å². The Bertz CT molecular complexity index is 1510. The highest BCUT2D eigenvalue weighted by Gasteiger charge is 2.22. The first kappa shape index (κ1) is 22.0. The van der Waals surface area contributed by atoms with Gasteiger partial charge in [0, 0.05) is 22.7 Å². The van der Waals surface area contributed by atoms with Crippen LogP contribution in [0.25, 0.3) is 22.2 Å². The first-order valence-corrected chi connectivity index (χ1v) is 11.1. The zero-order valence-electron chi connectivity index (χ0n) is 18.7. The Morgan fingerprint density at radius 3 is 2.54 bits per heavy atom. The summed E-state index contributed by atoms with van der Waals surface area (Å²) in [7, 11) is 0. The number of carbonyl (C=O) groups is 2. The lowest BCUT2D eigenvalue weighted by Crippen LogP contribution is -2.37. The highest BCUT2D eigenvalue weighted by molar-refractivity contribution is 5.98. The van der Waals surface area contributed by atoms with Crippen molar-refractivity contribution >= 4 is 22.7 Å². The molecule has 0 saturated carbocycles. The van der Waals surface area contributed by atoms with E-state index in [1.54, 1.807) is 47.3 Å². The van der Waals surface area contributed by atoms with Crippen molar-refractivity contribution in [3.8, 4) is 11.3 Å². The molecule has 35 heavy (non-hydrogen) atoms. The van der Waals surface area contributed by atoms with Gasteiger partial charge in [-0.25, -0.2) is 4.68 Å². The predicted molar refractivity (Wildman–Crippen MR) is 132 cm³/mol. The Morgan fingerprint density at radius 1 is 0.914 bits per heavy atom. The van der Waals surface area contributed by atoms with E-state index in [2.05, 4.69) is 20.6 Å². The van der Waals surface area contributed by atoms with Crippen LogP contribution in [0.1, 0.15) is 27.5 Å². The van der Waals surface area contributed by atoms with Gasteiger partial charge in [-0.1, -0.05) is 71.9 Å². The monoisotopic (exact) mass is 462 g/mol. The molecule has 1 atom stereocenters. The van der Waals surface area contributed by atoms with Crippen LogP contribution in [0, 0.1) is 0 Å². The van der Waals surface area contributed by atoms with Crippen LogP contribution in [0.5, 0.6) is 0 Å². The zero-order chi connectivity index (χ0) is 24.2. The Balaban J connectivity index is 1.40. The third-order valence-electron chi connectivity index (χ3n) is 5.75. The third kappa shape index (κ3) is 4.63. The van der Waals surface area contributed by atoms with Crippen LogP contribution in [-0.2, 0) is 11.3 Å². The van der Waals surface area contributed by atoms with Gasteiger partial charge in [0.15, 0.2) is 0 Å². The van der Waals surface area contributed by atoms with E-state index in [1.807, 2.05) is 54.7 Å². The van der Waals surface area contributed by atoms with Crippen molar-refractivity contribution in [2.75, 3.05) is 0 Å². The zero-order valence-corrected chi connectivity index (χ0v) is 18.7. The van der Waals surface area contributed by atoms with Crippen LogP contribution in [0.3, 0.4) is 0 Å². The fourth-order valence-electron chi connectivity index (χ4n) is 4.05. The quantitative estimate of drug-likeness (QED) is 0.384. The maximum absolute atomic E-state index is 13.1. The number of rotatable bonds is 7. The number of amides is 2. The topological polar surface area (TPSA) is 116 Å². The number of hydrogen-bond donors (Lipinski definition) is 2. The van der Waals surface area contributed by atoms with E-state index in [4.69, 9.17) is 5.73 Å². The molecule has 1 unspecified atom stereocenters. The number of pyridine rings is 1. The molecule has 0 spiro atoms. The van der Waals surface area contributed by atoms with Crippen molar-refractivity contribution in [2.45, 2.75) is 12.6 Å². The molecule has 8 nitrogen and oxygen atoms in total. The van der Waals surface area contributed by atoms with E-state index in [-0.39, 0.29) is 0 Å². The molecule has 0 saturated heterocycles. The Hall–Kier alpha value is -4.85. The van der Waals surface area contributed by atoms with Crippen molar-refractivity contribution in [1.82, 2.24) is 25.3 Å². The van der Waals surface area contributed by atoms with Gasteiger partial charge in [-0.2, -0.15) is 0 Å². The number of benzene rings is 3. The second-order valence-electron chi connectivity index (χ2n) is 8.05. The maximum Gasteiger partial charge on any atom is 0.252 e. The van der Waals surface area contributed by atoms with Crippen molar-refractivity contribution in [3.63, 3.8) is 0 Å². The molecule has 2 aromatic heterocycles. The fraction of sp³-hybridized carbons (Fsp3) is 0.0741. The SMILES string of the molecule is NC(=O)C(NC(=O)c1ccccc1Cn1cc(-c2cccc3ncccc23)nn1)c1ccccc1. The molecule has 2 heterocycles. The largest absolute Gasteiger partial charge is 0.368 e. The van der Waals surface area contributed by atoms with Crippen molar-refractivity contribution in [3.05, 3.63) is 114 Å². The lowest BCUT2D eigenvalue weighted by Gasteiger charge is -2.17. The van der Waals surface area contributed by atoms with E-state index < -0.39 is 17.9 Å². The van der Waals surface area contributed by atoms with Crippen LogP contribution < -0.4 is 11.1 Å². The normalized spacial score (nSPS) is 11.8. The van der Waals surface area contributed by atoms with Crippen LogP contribution in [0.2, 0.25) is 0 Å². The molecule has 5 aromatic rings. The molecule has 0 aliphatic heterocycles. The summed E-state index contributed by atoms with van der Waals surface area (Å²) in [6, 6.07) is 24.9. The number of nitrogens with two attached hydrogens (primary N) is 1. The van der Waals surface area contributed by atoms with Gasteiger partial charge in [-0.05, 0) is 29.3 Å². The van der Waals surface area contributed by atoms with Gasteiger partial charge in [-0.15, -0.1) is 5.10 Å². The highest BCUT2D eigenvalue weighted by Crippen LogP contribution is 2.26. The summed E-state index contributed by atoms with van der Waals surface area (Å²) < 4.78 is 1.68. The van der Waals surface area contributed by atoms with Crippen LogP contribution >= 0.6 is 0 Å². The molecule has 0 fully saturated rings.